The third-order valence-corrected chi connectivity index (χ3v) is 4.20. The zero-order valence-corrected chi connectivity index (χ0v) is 11.9. The lowest BCUT2D eigenvalue weighted by molar-refractivity contribution is 0.556. The summed E-state index contributed by atoms with van der Waals surface area (Å²) in [5.74, 6) is 0.995. The van der Waals surface area contributed by atoms with Gasteiger partial charge in [-0.15, -0.1) is 11.3 Å². The Balaban J connectivity index is 1.71. The van der Waals surface area contributed by atoms with Crippen molar-refractivity contribution in [2.75, 3.05) is 0 Å². The maximum atomic E-state index is 4.62. The number of thiophene rings is 1. The van der Waals surface area contributed by atoms with Crippen LogP contribution in [0.5, 0.6) is 0 Å². The van der Waals surface area contributed by atoms with Crippen LogP contribution in [0.2, 0.25) is 0 Å². The fraction of sp³-hybridized carbons (Fsp3) is 0.267. The molecule has 3 rings (SSSR count). The van der Waals surface area contributed by atoms with Gasteiger partial charge in [0.2, 0.25) is 0 Å². The summed E-state index contributed by atoms with van der Waals surface area (Å²) in [7, 11) is 0. The van der Waals surface area contributed by atoms with Gasteiger partial charge in [0.1, 0.15) is 5.82 Å². The van der Waals surface area contributed by atoms with E-state index in [1.165, 1.54) is 9.75 Å². The lowest BCUT2D eigenvalue weighted by Crippen LogP contribution is -2.18. The molecule has 2 N–H and O–H groups in total. The number of fused-ring (bicyclic) bond motifs is 1. The standard InChI is InChI=1S/C15H17N3S/c1-10-7-8-12(19-10)9-16-11(2)15-17-13-5-3-4-6-14(13)18-15/h3-8,11,16H,9H2,1-2H3,(H,17,18). The van der Waals surface area contributed by atoms with Gasteiger partial charge in [0, 0.05) is 16.3 Å². The summed E-state index contributed by atoms with van der Waals surface area (Å²) in [6.45, 7) is 5.16. The SMILES string of the molecule is Cc1ccc(CNC(C)c2nc3ccccc3[nH]2)s1. The number of aromatic amines is 1. The third-order valence-electron chi connectivity index (χ3n) is 3.20. The van der Waals surface area contributed by atoms with Crippen LogP contribution in [0.15, 0.2) is 36.4 Å². The molecule has 4 heteroatoms. The normalized spacial score (nSPS) is 12.9. The molecule has 1 unspecified atom stereocenters. The molecule has 1 atom stereocenters. The molecule has 0 fully saturated rings. The van der Waals surface area contributed by atoms with E-state index in [2.05, 4.69) is 47.3 Å². The van der Waals surface area contributed by atoms with Gasteiger partial charge in [0.25, 0.3) is 0 Å². The molecule has 2 aromatic heterocycles. The second-order valence-corrected chi connectivity index (χ2v) is 6.13. The number of H-pyrrole nitrogens is 1. The van der Waals surface area contributed by atoms with Gasteiger partial charge in [-0.3, -0.25) is 0 Å². The van der Waals surface area contributed by atoms with Crippen molar-refractivity contribution in [3.05, 3.63) is 52.0 Å². The van der Waals surface area contributed by atoms with E-state index < -0.39 is 0 Å². The number of nitrogens with zero attached hydrogens (tertiary/aromatic N) is 1. The van der Waals surface area contributed by atoms with E-state index >= 15 is 0 Å². The summed E-state index contributed by atoms with van der Waals surface area (Å²) >= 11 is 1.84. The molecule has 0 saturated carbocycles. The lowest BCUT2D eigenvalue weighted by Gasteiger charge is -2.09. The number of benzene rings is 1. The molecule has 98 valence electrons. The topological polar surface area (TPSA) is 40.7 Å². The van der Waals surface area contributed by atoms with E-state index in [1.807, 2.05) is 29.5 Å². The molecule has 0 radical (unpaired) electrons. The smallest absolute Gasteiger partial charge is 0.124 e. The van der Waals surface area contributed by atoms with Crippen molar-refractivity contribution >= 4 is 22.4 Å². The molecule has 3 aromatic rings. The summed E-state index contributed by atoms with van der Waals surface area (Å²) in [5.41, 5.74) is 2.12. The number of nitrogens with one attached hydrogen (secondary N) is 2. The van der Waals surface area contributed by atoms with Crippen LogP contribution >= 0.6 is 11.3 Å². The van der Waals surface area contributed by atoms with Crippen molar-refractivity contribution in [3.8, 4) is 0 Å². The van der Waals surface area contributed by atoms with Gasteiger partial charge in [0.05, 0.1) is 17.1 Å². The predicted octanol–water partition coefficient (Wildman–Crippen LogP) is 3.78. The zero-order chi connectivity index (χ0) is 13.2. The molecule has 0 aliphatic heterocycles. The van der Waals surface area contributed by atoms with Crippen molar-refractivity contribution in [1.29, 1.82) is 0 Å². The highest BCUT2D eigenvalue weighted by atomic mass is 32.1. The quantitative estimate of drug-likeness (QED) is 0.758. The number of para-hydroxylation sites is 2. The zero-order valence-electron chi connectivity index (χ0n) is 11.1. The Labute approximate surface area is 116 Å². The summed E-state index contributed by atoms with van der Waals surface area (Å²) < 4.78 is 0. The van der Waals surface area contributed by atoms with Crippen molar-refractivity contribution < 1.29 is 0 Å². The Morgan fingerprint density at radius 2 is 2.11 bits per heavy atom. The number of hydrogen-bond donors (Lipinski definition) is 2. The molecule has 0 bridgehead atoms. The Hall–Kier alpha value is -1.65. The molecular formula is C15H17N3S. The summed E-state index contributed by atoms with van der Waals surface area (Å²) in [4.78, 5) is 10.7. The van der Waals surface area contributed by atoms with Crippen LogP contribution in [-0.2, 0) is 6.54 Å². The predicted molar refractivity (Wildman–Crippen MR) is 80.4 cm³/mol. The van der Waals surface area contributed by atoms with E-state index in [0.29, 0.717) is 0 Å². The van der Waals surface area contributed by atoms with Crippen molar-refractivity contribution in [3.63, 3.8) is 0 Å². The monoisotopic (exact) mass is 271 g/mol. The highest BCUT2D eigenvalue weighted by molar-refractivity contribution is 7.11. The van der Waals surface area contributed by atoms with Crippen LogP contribution in [0.3, 0.4) is 0 Å². The van der Waals surface area contributed by atoms with Crippen LogP contribution in [0.1, 0.15) is 28.5 Å². The van der Waals surface area contributed by atoms with Crippen LogP contribution in [-0.4, -0.2) is 9.97 Å². The second-order valence-electron chi connectivity index (χ2n) is 4.75. The third kappa shape index (κ3) is 2.69. The van der Waals surface area contributed by atoms with Crippen molar-refractivity contribution in [2.45, 2.75) is 26.4 Å². The fourth-order valence-corrected chi connectivity index (χ4v) is 2.95. The van der Waals surface area contributed by atoms with E-state index in [1.54, 1.807) is 0 Å². The van der Waals surface area contributed by atoms with Crippen molar-refractivity contribution in [2.24, 2.45) is 0 Å². The van der Waals surface area contributed by atoms with Gasteiger partial charge >= 0.3 is 0 Å². The average molecular weight is 271 g/mol. The first-order valence-corrected chi connectivity index (χ1v) is 7.27. The number of aryl methyl sites for hydroxylation is 1. The molecule has 19 heavy (non-hydrogen) atoms. The van der Waals surface area contributed by atoms with E-state index in [0.717, 1.165) is 23.4 Å². The minimum absolute atomic E-state index is 0.217. The average Bonchev–Trinajstić information content (AvgIpc) is 3.01. The molecule has 0 saturated heterocycles. The molecule has 0 amide bonds. The first kappa shape index (κ1) is 12.4. The lowest BCUT2D eigenvalue weighted by atomic mass is 10.3. The van der Waals surface area contributed by atoms with Gasteiger partial charge in [-0.05, 0) is 38.1 Å². The largest absolute Gasteiger partial charge is 0.341 e. The number of imidazole rings is 1. The van der Waals surface area contributed by atoms with Crippen LogP contribution < -0.4 is 5.32 Å². The highest BCUT2D eigenvalue weighted by Crippen LogP contribution is 2.18. The summed E-state index contributed by atoms with van der Waals surface area (Å²) in [6.07, 6.45) is 0. The molecule has 0 aliphatic rings. The molecule has 1 aromatic carbocycles. The Kier molecular flexibility index (Phi) is 3.36. The molecule has 0 aliphatic carbocycles. The second kappa shape index (κ2) is 5.15. The number of rotatable bonds is 4. The molecule has 2 heterocycles. The number of hydrogen-bond acceptors (Lipinski definition) is 3. The van der Waals surface area contributed by atoms with Gasteiger partial charge in [-0.2, -0.15) is 0 Å². The van der Waals surface area contributed by atoms with E-state index in [9.17, 15) is 0 Å². The van der Waals surface area contributed by atoms with E-state index in [4.69, 9.17) is 0 Å². The highest BCUT2D eigenvalue weighted by Gasteiger charge is 2.10. The molecular weight excluding hydrogens is 254 g/mol. The maximum absolute atomic E-state index is 4.62. The van der Waals surface area contributed by atoms with Gasteiger partial charge in [-0.25, -0.2) is 4.98 Å². The van der Waals surface area contributed by atoms with Crippen LogP contribution in [0, 0.1) is 6.92 Å². The van der Waals surface area contributed by atoms with Gasteiger partial charge < -0.3 is 10.3 Å². The molecule has 0 spiro atoms. The Morgan fingerprint density at radius 1 is 1.26 bits per heavy atom. The van der Waals surface area contributed by atoms with Crippen molar-refractivity contribution in [1.82, 2.24) is 15.3 Å². The first-order valence-electron chi connectivity index (χ1n) is 6.46. The first-order chi connectivity index (χ1) is 9.22. The van der Waals surface area contributed by atoms with E-state index in [-0.39, 0.29) is 6.04 Å². The summed E-state index contributed by atoms with van der Waals surface area (Å²) in [6, 6.07) is 12.7. The molecule has 3 nitrogen and oxygen atoms in total. The maximum Gasteiger partial charge on any atom is 0.124 e. The number of aromatic nitrogens is 2. The van der Waals surface area contributed by atoms with Gasteiger partial charge in [0.15, 0.2) is 0 Å². The van der Waals surface area contributed by atoms with Crippen LogP contribution in [0.25, 0.3) is 11.0 Å². The van der Waals surface area contributed by atoms with Gasteiger partial charge in [-0.1, -0.05) is 12.1 Å². The Bertz CT molecular complexity index is 650. The summed E-state index contributed by atoms with van der Waals surface area (Å²) in [5, 5.41) is 3.51. The minimum atomic E-state index is 0.217. The minimum Gasteiger partial charge on any atom is -0.341 e. The Morgan fingerprint density at radius 3 is 2.84 bits per heavy atom. The fourth-order valence-electron chi connectivity index (χ4n) is 2.11. The van der Waals surface area contributed by atoms with Crippen LogP contribution in [0.4, 0.5) is 0 Å².